The second-order valence-corrected chi connectivity index (χ2v) is 8.18. The Hall–Kier alpha value is -4.27. The van der Waals surface area contributed by atoms with Crippen LogP contribution in [-0.2, 0) is 20.9 Å². The SMILES string of the molecule is Cc1ccc(-c2cc(C)n(CC(=O)O)n2)cc1NC(=O)C1=CNC(=O)CC1c1ccc(F)cc1. The Morgan fingerprint density at radius 1 is 1.18 bits per heavy atom. The molecule has 9 heteroatoms. The highest BCUT2D eigenvalue weighted by molar-refractivity contribution is 6.07. The standard InChI is InChI=1S/C25H23FN4O4/c1-14-3-4-17(22-9-15(2)30(29-22)13-24(32)33)10-21(14)28-25(34)20-12-27-23(31)11-19(20)16-5-7-18(26)8-6-16/h3-10,12,19H,11,13H2,1-2H3,(H,27,31)(H,28,34)(H,32,33). The zero-order valence-electron chi connectivity index (χ0n) is 18.6. The number of amides is 2. The van der Waals surface area contributed by atoms with Gasteiger partial charge in [-0.15, -0.1) is 0 Å². The summed E-state index contributed by atoms with van der Waals surface area (Å²) >= 11 is 0. The maximum atomic E-state index is 13.4. The van der Waals surface area contributed by atoms with Crippen molar-refractivity contribution in [2.75, 3.05) is 5.32 Å². The van der Waals surface area contributed by atoms with E-state index in [-0.39, 0.29) is 24.8 Å². The fourth-order valence-electron chi connectivity index (χ4n) is 3.88. The Morgan fingerprint density at radius 2 is 1.91 bits per heavy atom. The lowest BCUT2D eigenvalue weighted by Crippen LogP contribution is -2.32. The molecule has 3 N–H and O–H groups in total. The highest BCUT2D eigenvalue weighted by atomic mass is 19.1. The van der Waals surface area contributed by atoms with Gasteiger partial charge in [-0.05, 0) is 49.2 Å². The maximum absolute atomic E-state index is 13.4. The van der Waals surface area contributed by atoms with Crippen LogP contribution < -0.4 is 10.6 Å². The van der Waals surface area contributed by atoms with Crippen molar-refractivity contribution in [2.24, 2.45) is 0 Å². The second kappa shape index (κ2) is 9.30. The van der Waals surface area contributed by atoms with Crippen molar-refractivity contribution in [2.45, 2.75) is 32.7 Å². The normalized spacial score (nSPS) is 15.4. The number of hydrogen-bond donors (Lipinski definition) is 3. The first-order valence-electron chi connectivity index (χ1n) is 10.6. The quantitative estimate of drug-likeness (QED) is 0.519. The number of aryl methyl sites for hydroxylation is 2. The summed E-state index contributed by atoms with van der Waals surface area (Å²) in [7, 11) is 0. The van der Waals surface area contributed by atoms with E-state index in [1.54, 1.807) is 31.2 Å². The number of nitrogens with one attached hydrogen (secondary N) is 2. The third-order valence-electron chi connectivity index (χ3n) is 5.74. The predicted molar refractivity (Wildman–Crippen MR) is 123 cm³/mol. The summed E-state index contributed by atoms with van der Waals surface area (Å²) in [5.74, 6) is -2.50. The molecule has 2 heterocycles. The van der Waals surface area contributed by atoms with Crippen LogP contribution >= 0.6 is 0 Å². The lowest BCUT2D eigenvalue weighted by Gasteiger charge is -2.24. The lowest BCUT2D eigenvalue weighted by atomic mass is 9.86. The molecule has 8 nitrogen and oxygen atoms in total. The first-order chi connectivity index (χ1) is 16.2. The van der Waals surface area contributed by atoms with Crippen molar-refractivity contribution < 1.29 is 23.9 Å². The van der Waals surface area contributed by atoms with E-state index in [9.17, 15) is 18.8 Å². The van der Waals surface area contributed by atoms with E-state index in [1.165, 1.54) is 23.0 Å². The molecular weight excluding hydrogens is 439 g/mol. The van der Waals surface area contributed by atoms with E-state index in [1.807, 2.05) is 19.1 Å². The number of anilines is 1. The average Bonchev–Trinajstić information content (AvgIpc) is 3.15. The average molecular weight is 462 g/mol. The molecule has 0 saturated heterocycles. The largest absolute Gasteiger partial charge is 0.480 e. The Kier molecular flexibility index (Phi) is 6.27. The van der Waals surface area contributed by atoms with E-state index < -0.39 is 17.7 Å². The minimum absolute atomic E-state index is 0.0736. The molecule has 0 aliphatic carbocycles. The van der Waals surface area contributed by atoms with Gasteiger partial charge in [0.1, 0.15) is 12.4 Å². The summed E-state index contributed by atoms with van der Waals surface area (Å²) in [6.45, 7) is 3.38. The molecule has 34 heavy (non-hydrogen) atoms. The Balaban J connectivity index is 1.60. The molecule has 0 bridgehead atoms. The molecule has 1 atom stereocenters. The van der Waals surface area contributed by atoms with Crippen LogP contribution in [0.1, 0.15) is 29.2 Å². The van der Waals surface area contributed by atoms with Gasteiger partial charge in [0, 0.05) is 41.1 Å². The van der Waals surface area contributed by atoms with Gasteiger partial charge in [-0.3, -0.25) is 19.1 Å². The van der Waals surface area contributed by atoms with Crippen LogP contribution in [0, 0.1) is 19.7 Å². The van der Waals surface area contributed by atoms with Gasteiger partial charge in [-0.1, -0.05) is 24.3 Å². The van der Waals surface area contributed by atoms with Crippen LogP contribution in [0.3, 0.4) is 0 Å². The molecule has 174 valence electrons. The van der Waals surface area contributed by atoms with Gasteiger partial charge < -0.3 is 15.7 Å². The highest BCUT2D eigenvalue weighted by Crippen LogP contribution is 2.32. The minimum atomic E-state index is -0.988. The van der Waals surface area contributed by atoms with Gasteiger partial charge in [0.05, 0.1) is 5.69 Å². The molecule has 2 aromatic carbocycles. The number of hydrogen-bond acceptors (Lipinski definition) is 4. The van der Waals surface area contributed by atoms with Gasteiger partial charge in [0.15, 0.2) is 0 Å². The number of nitrogens with zero attached hydrogens (tertiary/aromatic N) is 2. The predicted octanol–water partition coefficient (Wildman–Crippen LogP) is 3.52. The third kappa shape index (κ3) is 4.88. The molecular formula is C25H23FN4O4. The summed E-state index contributed by atoms with van der Waals surface area (Å²) in [5, 5.41) is 18.9. The third-order valence-corrected chi connectivity index (χ3v) is 5.74. The lowest BCUT2D eigenvalue weighted by molar-refractivity contribution is -0.138. The number of carbonyl (C=O) groups excluding carboxylic acids is 2. The number of rotatable bonds is 6. The van der Waals surface area contributed by atoms with Gasteiger partial charge >= 0.3 is 5.97 Å². The Morgan fingerprint density at radius 3 is 2.62 bits per heavy atom. The summed E-state index contributed by atoms with van der Waals surface area (Å²) in [4.78, 5) is 36.2. The molecule has 1 aromatic heterocycles. The van der Waals surface area contributed by atoms with Gasteiger partial charge in [-0.25, -0.2) is 4.39 Å². The number of aliphatic carboxylic acids is 1. The number of carboxylic acids is 1. The zero-order valence-corrected chi connectivity index (χ0v) is 18.6. The van der Waals surface area contributed by atoms with E-state index in [0.717, 1.165) is 5.56 Å². The molecule has 0 saturated carbocycles. The van der Waals surface area contributed by atoms with E-state index in [4.69, 9.17) is 5.11 Å². The number of carbonyl (C=O) groups is 3. The molecule has 0 fully saturated rings. The number of aromatic nitrogens is 2. The number of benzene rings is 2. The van der Waals surface area contributed by atoms with Crippen molar-refractivity contribution >= 4 is 23.5 Å². The van der Waals surface area contributed by atoms with Crippen LogP contribution in [0.25, 0.3) is 11.3 Å². The molecule has 3 aromatic rings. The second-order valence-electron chi connectivity index (χ2n) is 8.18. The Labute approximate surface area is 195 Å². The summed E-state index contributed by atoms with van der Waals surface area (Å²) in [5.41, 5.74) is 4.41. The first-order valence-corrected chi connectivity index (χ1v) is 10.6. The molecule has 0 radical (unpaired) electrons. The van der Waals surface area contributed by atoms with Crippen molar-refractivity contribution in [3.8, 4) is 11.3 Å². The van der Waals surface area contributed by atoms with E-state index in [0.29, 0.717) is 33.8 Å². The van der Waals surface area contributed by atoms with Gasteiger partial charge in [-0.2, -0.15) is 5.10 Å². The fraction of sp³-hybridized carbons (Fsp3) is 0.200. The highest BCUT2D eigenvalue weighted by Gasteiger charge is 2.29. The zero-order chi connectivity index (χ0) is 24.4. The van der Waals surface area contributed by atoms with Crippen molar-refractivity contribution in [3.63, 3.8) is 0 Å². The maximum Gasteiger partial charge on any atom is 0.325 e. The fourth-order valence-corrected chi connectivity index (χ4v) is 3.88. The number of halogens is 1. The van der Waals surface area contributed by atoms with Gasteiger partial charge in [0.25, 0.3) is 5.91 Å². The summed E-state index contributed by atoms with van der Waals surface area (Å²) in [6, 6.07) is 13.0. The summed E-state index contributed by atoms with van der Waals surface area (Å²) in [6.07, 6.45) is 1.47. The molecule has 4 rings (SSSR count). The van der Waals surface area contributed by atoms with Crippen LogP contribution in [0.15, 0.2) is 60.3 Å². The van der Waals surface area contributed by atoms with Crippen LogP contribution in [-0.4, -0.2) is 32.7 Å². The molecule has 1 aliphatic rings. The van der Waals surface area contributed by atoms with E-state index >= 15 is 0 Å². The van der Waals surface area contributed by atoms with Crippen LogP contribution in [0.5, 0.6) is 0 Å². The summed E-state index contributed by atoms with van der Waals surface area (Å²) < 4.78 is 14.8. The van der Waals surface area contributed by atoms with Crippen LogP contribution in [0.2, 0.25) is 0 Å². The minimum Gasteiger partial charge on any atom is -0.480 e. The van der Waals surface area contributed by atoms with Gasteiger partial charge in [0.2, 0.25) is 5.91 Å². The monoisotopic (exact) mass is 462 g/mol. The molecule has 1 unspecified atom stereocenters. The molecule has 1 aliphatic heterocycles. The van der Waals surface area contributed by atoms with Crippen molar-refractivity contribution in [3.05, 3.63) is 82.9 Å². The van der Waals surface area contributed by atoms with Crippen molar-refractivity contribution in [1.82, 2.24) is 15.1 Å². The first kappa shape index (κ1) is 22.9. The molecule has 2 amide bonds. The van der Waals surface area contributed by atoms with E-state index in [2.05, 4.69) is 15.7 Å². The smallest absolute Gasteiger partial charge is 0.325 e. The number of carboxylic acid groups (broad SMARTS) is 1. The van der Waals surface area contributed by atoms with Crippen LogP contribution in [0.4, 0.5) is 10.1 Å². The Bertz CT molecular complexity index is 1310. The van der Waals surface area contributed by atoms with Crippen molar-refractivity contribution in [1.29, 1.82) is 0 Å². The topological polar surface area (TPSA) is 113 Å². The molecule has 0 spiro atoms.